The summed E-state index contributed by atoms with van der Waals surface area (Å²) in [5.74, 6) is 0.286. The number of fused-ring (bicyclic) bond motifs is 1. The number of carbonyl (C=O) groups is 1. The third-order valence-electron chi connectivity index (χ3n) is 3.93. The van der Waals surface area contributed by atoms with E-state index in [1.165, 1.54) is 5.56 Å². The van der Waals surface area contributed by atoms with Crippen molar-refractivity contribution in [2.45, 2.75) is 33.2 Å². The van der Waals surface area contributed by atoms with Crippen molar-refractivity contribution in [2.24, 2.45) is 0 Å². The lowest BCUT2D eigenvalue weighted by atomic mass is 10.0. The Labute approximate surface area is 131 Å². The predicted molar refractivity (Wildman–Crippen MR) is 90.4 cm³/mol. The quantitative estimate of drug-likeness (QED) is 0.806. The van der Waals surface area contributed by atoms with Crippen molar-refractivity contribution < 1.29 is 9.90 Å². The van der Waals surface area contributed by atoms with Gasteiger partial charge in [-0.3, -0.25) is 4.79 Å². The minimum Gasteiger partial charge on any atom is -0.395 e. The summed E-state index contributed by atoms with van der Waals surface area (Å²) >= 11 is 0. The number of aliphatic hydroxyl groups is 1. The van der Waals surface area contributed by atoms with Crippen LogP contribution in [-0.2, 0) is 6.54 Å². The molecule has 118 valence electrons. The molecule has 0 saturated carbocycles. The van der Waals surface area contributed by atoms with Gasteiger partial charge in [0, 0.05) is 24.0 Å². The summed E-state index contributed by atoms with van der Waals surface area (Å²) in [5, 5.41) is 12.7. The average Bonchev–Trinajstić information content (AvgIpc) is 2.77. The van der Waals surface area contributed by atoms with Gasteiger partial charge in [0.15, 0.2) is 0 Å². The van der Waals surface area contributed by atoms with Crippen molar-refractivity contribution in [1.82, 2.24) is 9.88 Å². The van der Waals surface area contributed by atoms with Gasteiger partial charge in [-0.1, -0.05) is 26.0 Å². The SMILES string of the molecule is C=CCn1c(C(=O)NCCO)c(C)c2cc(C(C)C)ccc21. The largest absolute Gasteiger partial charge is 0.395 e. The van der Waals surface area contributed by atoms with Gasteiger partial charge >= 0.3 is 0 Å². The Morgan fingerprint density at radius 3 is 2.77 bits per heavy atom. The van der Waals surface area contributed by atoms with Gasteiger partial charge in [-0.15, -0.1) is 6.58 Å². The predicted octanol–water partition coefficient (Wildman–Crippen LogP) is 2.98. The summed E-state index contributed by atoms with van der Waals surface area (Å²) in [6.45, 7) is 10.8. The van der Waals surface area contributed by atoms with E-state index < -0.39 is 0 Å². The van der Waals surface area contributed by atoms with E-state index in [9.17, 15) is 4.79 Å². The van der Waals surface area contributed by atoms with Crippen LogP contribution in [0, 0.1) is 6.92 Å². The smallest absolute Gasteiger partial charge is 0.268 e. The number of aryl methyl sites for hydroxylation is 1. The molecule has 0 atom stereocenters. The highest BCUT2D eigenvalue weighted by molar-refractivity contribution is 6.01. The van der Waals surface area contributed by atoms with Crippen LogP contribution in [0.5, 0.6) is 0 Å². The van der Waals surface area contributed by atoms with E-state index in [0.717, 1.165) is 16.5 Å². The molecule has 2 aromatic rings. The Kier molecular flexibility index (Phi) is 5.03. The Bertz CT molecular complexity index is 699. The highest BCUT2D eigenvalue weighted by atomic mass is 16.3. The third-order valence-corrected chi connectivity index (χ3v) is 3.93. The van der Waals surface area contributed by atoms with Crippen LogP contribution in [0.3, 0.4) is 0 Å². The van der Waals surface area contributed by atoms with Crippen molar-refractivity contribution in [2.75, 3.05) is 13.2 Å². The summed E-state index contributed by atoms with van der Waals surface area (Å²) in [5.41, 5.74) is 3.91. The van der Waals surface area contributed by atoms with Gasteiger partial charge in [0.2, 0.25) is 0 Å². The molecule has 22 heavy (non-hydrogen) atoms. The lowest BCUT2D eigenvalue weighted by Gasteiger charge is -2.09. The Balaban J connectivity index is 2.62. The van der Waals surface area contributed by atoms with Crippen molar-refractivity contribution >= 4 is 16.8 Å². The number of benzene rings is 1. The monoisotopic (exact) mass is 300 g/mol. The van der Waals surface area contributed by atoms with Gasteiger partial charge < -0.3 is 15.0 Å². The molecular weight excluding hydrogens is 276 g/mol. The average molecular weight is 300 g/mol. The Morgan fingerprint density at radius 2 is 2.18 bits per heavy atom. The molecule has 0 aliphatic rings. The van der Waals surface area contributed by atoms with E-state index in [-0.39, 0.29) is 19.1 Å². The maximum Gasteiger partial charge on any atom is 0.268 e. The number of rotatable bonds is 6. The van der Waals surface area contributed by atoms with Crippen LogP contribution in [0.25, 0.3) is 10.9 Å². The van der Waals surface area contributed by atoms with Gasteiger partial charge in [-0.05, 0) is 36.1 Å². The number of aliphatic hydroxyl groups excluding tert-OH is 1. The first-order chi connectivity index (χ1) is 10.5. The van der Waals surface area contributed by atoms with Gasteiger partial charge in [0.05, 0.1) is 6.61 Å². The molecule has 1 aromatic heterocycles. The van der Waals surface area contributed by atoms with Crippen molar-refractivity contribution in [3.8, 4) is 0 Å². The first-order valence-electron chi connectivity index (χ1n) is 7.64. The second-order valence-electron chi connectivity index (χ2n) is 5.78. The standard InChI is InChI=1S/C18H24N2O2/c1-5-9-20-16-7-6-14(12(2)3)11-15(16)13(4)17(20)18(22)19-8-10-21/h5-7,11-12,21H,1,8-10H2,2-4H3,(H,19,22). The highest BCUT2D eigenvalue weighted by Crippen LogP contribution is 2.29. The minimum atomic E-state index is -0.157. The second-order valence-corrected chi connectivity index (χ2v) is 5.78. The molecule has 0 bridgehead atoms. The molecule has 0 unspecified atom stereocenters. The lowest BCUT2D eigenvalue weighted by molar-refractivity contribution is 0.0936. The van der Waals surface area contributed by atoms with Crippen LogP contribution in [0.2, 0.25) is 0 Å². The summed E-state index contributed by atoms with van der Waals surface area (Å²) < 4.78 is 1.98. The van der Waals surface area contributed by atoms with Gasteiger partial charge in [0.1, 0.15) is 5.69 Å². The molecule has 4 nitrogen and oxygen atoms in total. The van der Waals surface area contributed by atoms with E-state index in [2.05, 4.69) is 43.9 Å². The highest BCUT2D eigenvalue weighted by Gasteiger charge is 2.19. The van der Waals surface area contributed by atoms with E-state index in [1.807, 2.05) is 11.5 Å². The first kappa shape index (κ1) is 16.3. The number of nitrogens with zero attached hydrogens (tertiary/aromatic N) is 1. The maximum atomic E-state index is 12.4. The maximum absolute atomic E-state index is 12.4. The fourth-order valence-electron chi connectivity index (χ4n) is 2.76. The van der Waals surface area contributed by atoms with Crippen LogP contribution < -0.4 is 5.32 Å². The number of aromatic nitrogens is 1. The van der Waals surface area contributed by atoms with Gasteiger partial charge in [-0.2, -0.15) is 0 Å². The van der Waals surface area contributed by atoms with Crippen LogP contribution in [0.1, 0.15) is 41.4 Å². The van der Waals surface area contributed by atoms with E-state index in [0.29, 0.717) is 18.2 Å². The summed E-state index contributed by atoms with van der Waals surface area (Å²) in [4.78, 5) is 12.4. The third kappa shape index (κ3) is 2.92. The molecule has 0 saturated heterocycles. The fraction of sp³-hybridized carbons (Fsp3) is 0.389. The number of hydrogen-bond donors (Lipinski definition) is 2. The molecule has 1 aromatic carbocycles. The zero-order valence-electron chi connectivity index (χ0n) is 13.5. The molecular formula is C18H24N2O2. The number of amides is 1. The van der Waals surface area contributed by atoms with Crippen LogP contribution in [-0.4, -0.2) is 28.7 Å². The van der Waals surface area contributed by atoms with Crippen molar-refractivity contribution in [1.29, 1.82) is 0 Å². The van der Waals surface area contributed by atoms with Gasteiger partial charge in [-0.25, -0.2) is 0 Å². The molecule has 4 heteroatoms. The molecule has 2 rings (SSSR count). The molecule has 0 fully saturated rings. The van der Waals surface area contributed by atoms with Crippen molar-refractivity contribution in [3.63, 3.8) is 0 Å². The normalized spacial score (nSPS) is 11.1. The van der Waals surface area contributed by atoms with Crippen LogP contribution in [0.15, 0.2) is 30.9 Å². The molecule has 0 spiro atoms. The molecule has 2 N–H and O–H groups in total. The van der Waals surface area contributed by atoms with Crippen LogP contribution in [0.4, 0.5) is 0 Å². The molecule has 0 aliphatic heterocycles. The van der Waals surface area contributed by atoms with Gasteiger partial charge in [0.25, 0.3) is 5.91 Å². The number of hydrogen-bond acceptors (Lipinski definition) is 2. The molecule has 0 radical (unpaired) electrons. The zero-order valence-corrected chi connectivity index (χ0v) is 13.5. The number of carbonyl (C=O) groups excluding carboxylic acids is 1. The molecule has 1 heterocycles. The summed E-state index contributed by atoms with van der Waals surface area (Å²) in [7, 11) is 0. The number of allylic oxidation sites excluding steroid dienone is 1. The van der Waals surface area contributed by atoms with Crippen molar-refractivity contribution in [3.05, 3.63) is 47.7 Å². The van der Waals surface area contributed by atoms with E-state index in [1.54, 1.807) is 6.08 Å². The Hall–Kier alpha value is -2.07. The minimum absolute atomic E-state index is 0.0655. The Morgan fingerprint density at radius 1 is 1.45 bits per heavy atom. The molecule has 1 amide bonds. The zero-order chi connectivity index (χ0) is 16.3. The summed E-state index contributed by atoms with van der Waals surface area (Å²) in [6.07, 6.45) is 1.79. The summed E-state index contributed by atoms with van der Waals surface area (Å²) in [6, 6.07) is 6.35. The second kappa shape index (κ2) is 6.79. The van der Waals surface area contributed by atoms with E-state index in [4.69, 9.17) is 5.11 Å². The first-order valence-corrected chi connectivity index (χ1v) is 7.64. The topological polar surface area (TPSA) is 54.3 Å². The van der Waals surface area contributed by atoms with E-state index >= 15 is 0 Å². The fourth-order valence-corrected chi connectivity index (χ4v) is 2.76. The molecule has 0 aliphatic carbocycles. The lowest BCUT2D eigenvalue weighted by Crippen LogP contribution is -2.29. The number of nitrogens with one attached hydrogen (secondary N) is 1. The van der Waals surface area contributed by atoms with Crippen LogP contribution >= 0.6 is 0 Å².